The third-order valence-corrected chi connectivity index (χ3v) is 3.67. The summed E-state index contributed by atoms with van der Waals surface area (Å²) in [4.78, 5) is 0. The average Bonchev–Trinajstić information content (AvgIpc) is 2.53. The van der Waals surface area contributed by atoms with Gasteiger partial charge in [0.2, 0.25) is 0 Å². The summed E-state index contributed by atoms with van der Waals surface area (Å²) in [5.74, 6) is 1.65. The molecule has 3 heteroatoms. The number of hydrogen-bond acceptors (Lipinski definition) is 3. The molecule has 21 heavy (non-hydrogen) atoms. The molecule has 0 radical (unpaired) electrons. The molecule has 0 fully saturated rings. The van der Waals surface area contributed by atoms with Crippen molar-refractivity contribution in [1.29, 1.82) is 0 Å². The second-order valence-electron chi connectivity index (χ2n) is 5.19. The Morgan fingerprint density at radius 2 is 1.71 bits per heavy atom. The maximum absolute atomic E-state index is 5.42. The smallest absolute Gasteiger partial charge is 0.127 e. The van der Waals surface area contributed by atoms with Gasteiger partial charge in [-0.25, -0.2) is 0 Å². The zero-order valence-corrected chi connectivity index (χ0v) is 13.1. The van der Waals surface area contributed by atoms with Crippen LogP contribution in [0.15, 0.2) is 42.5 Å². The number of aryl methyl sites for hydroxylation is 1. The van der Waals surface area contributed by atoms with Gasteiger partial charge >= 0.3 is 0 Å². The van der Waals surface area contributed by atoms with Crippen molar-refractivity contribution < 1.29 is 9.47 Å². The van der Waals surface area contributed by atoms with Crippen LogP contribution in [0.5, 0.6) is 11.5 Å². The summed E-state index contributed by atoms with van der Waals surface area (Å²) in [6.07, 6.45) is 0. The van der Waals surface area contributed by atoms with Gasteiger partial charge in [-0.15, -0.1) is 0 Å². The van der Waals surface area contributed by atoms with Gasteiger partial charge < -0.3 is 14.8 Å². The SMILES string of the molecule is COc1ccc(CN[C@H](C)c2ccc(C)cc2)c(OC)c1. The molecule has 0 amide bonds. The Morgan fingerprint density at radius 3 is 2.33 bits per heavy atom. The summed E-state index contributed by atoms with van der Waals surface area (Å²) >= 11 is 0. The fraction of sp³-hybridized carbons (Fsp3) is 0.333. The van der Waals surface area contributed by atoms with Gasteiger partial charge in [-0.3, -0.25) is 0 Å². The van der Waals surface area contributed by atoms with Crippen LogP contribution in [0.4, 0.5) is 0 Å². The molecular formula is C18H23NO2. The Labute approximate surface area is 126 Å². The van der Waals surface area contributed by atoms with E-state index in [0.29, 0.717) is 0 Å². The Morgan fingerprint density at radius 1 is 1.00 bits per heavy atom. The van der Waals surface area contributed by atoms with Crippen molar-refractivity contribution in [1.82, 2.24) is 5.32 Å². The molecule has 1 N–H and O–H groups in total. The minimum absolute atomic E-state index is 0.289. The Balaban J connectivity index is 2.03. The van der Waals surface area contributed by atoms with E-state index in [1.165, 1.54) is 11.1 Å². The molecule has 0 saturated carbocycles. The third kappa shape index (κ3) is 3.99. The molecule has 0 aromatic heterocycles. The van der Waals surface area contributed by atoms with Crippen LogP contribution < -0.4 is 14.8 Å². The molecule has 0 aliphatic heterocycles. The van der Waals surface area contributed by atoms with Gasteiger partial charge in [0.1, 0.15) is 11.5 Å². The van der Waals surface area contributed by atoms with E-state index in [9.17, 15) is 0 Å². The van der Waals surface area contributed by atoms with Crippen molar-refractivity contribution >= 4 is 0 Å². The Hall–Kier alpha value is -2.00. The topological polar surface area (TPSA) is 30.5 Å². The van der Waals surface area contributed by atoms with Crippen molar-refractivity contribution in [2.24, 2.45) is 0 Å². The molecule has 0 aliphatic rings. The van der Waals surface area contributed by atoms with Gasteiger partial charge in [0.25, 0.3) is 0 Å². The summed E-state index contributed by atoms with van der Waals surface area (Å²) in [6.45, 7) is 5.02. The van der Waals surface area contributed by atoms with Crippen molar-refractivity contribution in [2.45, 2.75) is 26.4 Å². The second-order valence-corrected chi connectivity index (χ2v) is 5.19. The van der Waals surface area contributed by atoms with E-state index in [2.05, 4.69) is 43.4 Å². The fourth-order valence-corrected chi connectivity index (χ4v) is 2.23. The average molecular weight is 285 g/mol. The van der Waals surface area contributed by atoms with E-state index < -0.39 is 0 Å². The summed E-state index contributed by atoms with van der Waals surface area (Å²) in [6, 6.07) is 14.8. The molecule has 0 spiro atoms. The van der Waals surface area contributed by atoms with Gasteiger partial charge in [0, 0.05) is 24.2 Å². The number of benzene rings is 2. The molecule has 0 heterocycles. The van der Waals surface area contributed by atoms with Crippen LogP contribution in [0.25, 0.3) is 0 Å². The maximum atomic E-state index is 5.42. The quantitative estimate of drug-likeness (QED) is 0.874. The van der Waals surface area contributed by atoms with Crippen molar-refractivity contribution in [3.05, 3.63) is 59.2 Å². The van der Waals surface area contributed by atoms with E-state index in [0.717, 1.165) is 23.6 Å². The predicted molar refractivity (Wildman–Crippen MR) is 86.0 cm³/mol. The normalized spacial score (nSPS) is 12.0. The van der Waals surface area contributed by atoms with Crippen LogP contribution >= 0.6 is 0 Å². The lowest BCUT2D eigenvalue weighted by atomic mass is 10.1. The fourth-order valence-electron chi connectivity index (χ4n) is 2.23. The lowest BCUT2D eigenvalue weighted by Crippen LogP contribution is -2.18. The Kier molecular flexibility index (Phi) is 5.23. The van der Waals surface area contributed by atoms with Gasteiger partial charge in [-0.1, -0.05) is 35.9 Å². The molecule has 2 rings (SSSR count). The van der Waals surface area contributed by atoms with E-state index in [1.807, 2.05) is 18.2 Å². The highest BCUT2D eigenvalue weighted by Gasteiger charge is 2.08. The van der Waals surface area contributed by atoms with Crippen LogP contribution in [-0.4, -0.2) is 14.2 Å². The third-order valence-electron chi connectivity index (χ3n) is 3.67. The van der Waals surface area contributed by atoms with Crippen LogP contribution in [0.3, 0.4) is 0 Å². The standard InChI is InChI=1S/C18H23NO2/c1-13-5-7-15(8-6-13)14(2)19-12-16-9-10-17(20-3)11-18(16)21-4/h5-11,14,19H,12H2,1-4H3/t14-/m1/s1. The molecule has 3 nitrogen and oxygen atoms in total. The molecule has 0 saturated heterocycles. The van der Waals surface area contributed by atoms with Crippen molar-refractivity contribution in [2.75, 3.05) is 14.2 Å². The highest BCUT2D eigenvalue weighted by atomic mass is 16.5. The molecule has 2 aromatic carbocycles. The van der Waals surface area contributed by atoms with Crippen molar-refractivity contribution in [3.8, 4) is 11.5 Å². The van der Waals surface area contributed by atoms with E-state index >= 15 is 0 Å². The zero-order valence-electron chi connectivity index (χ0n) is 13.1. The number of methoxy groups -OCH3 is 2. The predicted octanol–water partition coefficient (Wildman–Crippen LogP) is 3.86. The second kappa shape index (κ2) is 7.14. The first kappa shape index (κ1) is 15.4. The van der Waals surface area contributed by atoms with Crippen LogP contribution in [-0.2, 0) is 6.54 Å². The first-order valence-corrected chi connectivity index (χ1v) is 7.15. The lowest BCUT2D eigenvalue weighted by Gasteiger charge is -2.16. The highest BCUT2D eigenvalue weighted by molar-refractivity contribution is 5.40. The van der Waals surface area contributed by atoms with Gasteiger partial charge in [0.15, 0.2) is 0 Å². The monoisotopic (exact) mass is 285 g/mol. The van der Waals surface area contributed by atoms with Crippen molar-refractivity contribution in [3.63, 3.8) is 0 Å². The number of rotatable bonds is 6. The van der Waals surface area contributed by atoms with Gasteiger partial charge in [0.05, 0.1) is 14.2 Å². The molecular weight excluding hydrogens is 262 g/mol. The molecule has 0 aliphatic carbocycles. The molecule has 0 unspecified atom stereocenters. The van der Waals surface area contributed by atoms with Gasteiger partial charge in [-0.05, 0) is 25.5 Å². The van der Waals surface area contributed by atoms with E-state index in [-0.39, 0.29) is 6.04 Å². The molecule has 0 bridgehead atoms. The van der Waals surface area contributed by atoms with Gasteiger partial charge in [-0.2, -0.15) is 0 Å². The molecule has 1 atom stereocenters. The number of hydrogen-bond donors (Lipinski definition) is 1. The first-order valence-electron chi connectivity index (χ1n) is 7.15. The summed E-state index contributed by atoms with van der Waals surface area (Å²) in [5.41, 5.74) is 3.69. The summed E-state index contributed by atoms with van der Waals surface area (Å²) in [7, 11) is 3.34. The molecule has 112 valence electrons. The minimum Gasteiger partial charge on any atom is -0.497 e. The van der Waals surface area contributed by atoms with E-state index in [4.69, 9.17) is 9.47 Å². The van der Waals surface area contributed by atoms with Crippen LogP contribution in [0, 0.1) is 6.92 Å². The number of nitrogens with one attached hydrogen (secondary N) is 1. The lowest BCUT2D eigenvalue weighted by molar-refractivity contribution is 0.389. The highest BCUT2D eigenvalue weighted by Crippen LogP contribution is 2.25. The van der Waals surface area contributed by atoms with Crippen LogP contribution in [0.2, 0.25) is 0 Å². The first-order chi connectivity index (χ1) is 10.1. The summed E-state index contributed by atoms with van der Waals surface area (Å²) < 4.78 is 10.6. The molecule has 2 aromatic rings. The number of ether oxygens (including phenoxy) is 2. The summed E-state index contributed by atoms with van der Waals surface area (Å²) in [5, 5.41) is 3.53. The zero-order chi connectivity index (χ0) is 15.2. The Bertz CT molecular complexity index is 578. The largest absolute Gasteiger partial charge is 0.497 e. The van der Waals surface area contributed by atoms with Crippen LogP contribution in [0.1, 0.15) is 29.7 Å². The maximum Gasteiger partial charge on any atom is 0.127 e. The minimum atomic E-state index is 0.289. The van der Waals surface area contributed by atoms with E-state index in [1.54, 1.807) is 14.2 Å².